The maximum absolute atomic E-state index is 11.6. The SMILES string of the molecule is Cc1cc(S(=O)(=O)O)c(N=Nc2c(O)c(C(=O)O)cc3ccccc23)cc1Cl.[Ca]. The summed E-state index contributed by atoms with van der Waals surface area (Å²) in [5.74, 6) is -1.99. The molecule has 3 aromatic carbocycles. The van der Waals surface area contributed by atoms with Gasteiger partial charge < -0.3 is 10.2 Å². The van der Waals surface area contributed by atoms with Crippen LogP contribution in [0, 0.1) is 6.92 Å². The zero-order valence-corrected chi connectivity index (χ0v) is 18.8. The zero-order chi connectivity index (χ0) is 20.6. The summed E-state index contributed by atoms with van der Waals surface area (Å²) in [6.45, 7) is 1.55. The Morgan fingerprint density at radius 1 is 1.10 bits per heavy atom. The second kappa shape index (κ2) is 8.95. The molecule has 0 aliphatic carbocycles. The first-order chi connectivity index (χ1) is 13.1. The summed E-state index contributed by atoms with van der Waals surface area (Å²) < 4.78 is 32.7. The minimum atomic E-state index is -4.62. The Hall–Kier alpha value is -1.75. The van der Waals surface area contributed by atoms with Gasteiger partial charge in [-0.15, -0.1) is 10.2 Å². The Labute approximate surface area is 200 Å². The summed E-state index contributed by atoms with van der Waals surface area (Å²) in [7, 11) is -4.62. The number of halogens is 1. The van der Waals surface area contributed by atoms with Crippen molar-refractivity contribution in [2.24, 2.45) is 10.2 Å². The number of aromatic hydroxyl groups is 1. The number of hydrogen-bond donors (Lipinski definition) is 3. The van der Waals surface area contributed by atoms with Crippen molar-refractivity contribution in [2.75, 3.05) is 0 Å². The van der Waals surface area contributed by atoms with E-state index < -0.39 is 26.7 Å². The molecule has 2 radical (unpaired) electrons. The van der Waals surface area contributed by atoms with Gasteiger partial charge in [-0.3, -0.25) is 4.55 Å². The maximum Gasteiger partial charge on any atom is 0.339 e. The number of carboxylic acid groups (broad SMARTS) is 1. The predicted molar refractivity (Wildman–Crippen MR) is 109 cm³/mol. The molecule has 0 amide bonds. The largest absolute Gasteiger partial charge is 0.505 e. The summed E-state index contributed by atoms with van der Waals surface area (Å²) in [4.78, 5) is 10.9. The molecule has 0 aliphatic rings. The molecule has 3 N–H and O–H groups in total. The molecule has 3 aromatic rings. The number of carboxylic acids is 1. The number of hydrogen-bond acceptors (Lipinski definition) is 6. The molecule has 8 nitrogen and oxygen atoms in total. The summed E-state index contributed by atoms with van der Waals surface area (Å²) in [6.07, 6.45) is 0. The maximum atomic E-state index is 11.6. The van der Waals surface area contributed by atoms with E-state index in [0.717, 1.165) is 6.07 Å². The Morgan fingerprint density at radius 2 is 1.76 bits per heavy atom. The number of aryl methyl sites for hydroxylation is 1. The fourth-order valence-electron chi connectivity index (χ4n) is 2.61. The molecule has 0 spiro atoms. The monoisotopic (exact) mass is 460 g/mol. The van der Waals surface area contributed by atoms with E-state index in [1.807, 2.05) is 0 Å². The number of rotatable bonds is 4. The second-order valence-electron chi connectivity index (χ2n) is 5.89. The van der Waals surface area contributed by atoms with Crippen LogP contribution in [0.5, 0.6) is 5.75 Å². The third-order valence-electron chi connectivity index (χ3n) is 4.00. The molecule has 0 fully saturated rings. The van der Waals surface area contributed by atoms with Gasteiger partial charge in [0.15, 0.2) is 5.75 Å². The first kappa shape index (κ1) is 23.5. The van der Waals surface area contributed by atoms with Gasteiger partial charge >= 0.3 is 5.97 Å². The Bertz CT molecular complexity index is 1260. The average molecular weight is 461 g/mol. The van der Waals surface area contributed by atoms with E-state index >= 15 is 0 Å². The van der Waals surface area contributed by atoms with E-state index in [1.54, 1.807) is 31.2 Å². The third kappa shape index (κ3) is 4.88. The van der Waals surface area contributed by atoms with Crippen molar-refractivity contribution >= 4 is 87.6 Å². The number of azo groups is 1. The molecular weight excluding hydrogens is 448 g/mol. The number of nitrogens with zero attached hydrogens (tertiary/aromatic N) is 2. The molecule has 146 valence electrons. The van der Waals surface area contributed by atoms with E-state index in [0.29, 0.717) is 16.3 Å². The molecule has 0 heterocycles. The Morgan fingerprint density at radius 3 is 2.38 bits per heavy atom. The van der Waals surface area contributed by atoms with Gasteiger partial charge in [-0.05, 0) is 36.1 Å². The summed E-state index contributed by atoms with van der Waals surface area (Å²) in [5.41, 5.74) is -0.408. The van der Waals surface area contributed by atoms with Crippen molar-refractivity contribution in [3.05, 3.63) is 58.6 Å². The fourth-order valence-corrected chi connectivity index (χ4v) is 3.46. The molecule has 0 atom stereocenters. The van der Waals surface area contributed by atoms with Crippen molar-refractivity contribution < 1.29 is 28.0 Å². The van der Waals surface area contributed by atoms with Crippen molar-refractivity contribution in [3.63, 3.8) is 0 Å². The first-order valence-electron chi connectivity index (χ1n) is 7.77. The molecule has 29 heavy (non-hydrogen) atoms. The summed E-state index contributed by atoms with van der Waals surface area (Å²) >= 11 is 6.01. The van der Waals surface area contributed by atoms with Gasteiger partial charge in [0.25, 0.3) is 10.1 Å². The molecule has 0 aliphatic heterocycles. The predicted octanol–water partition coefficient (Wildman–Crippen LogP) is 4.49. The van der Waals surface area contributed by atoms with Crippen molar-refractivity contribution in [1.29, 1.82) is 0 Å². The molecule has 0 aromatic heterocycles. The minimum absolute atomic E-state index is 0. The van der Waals surface area contributed by atoms with E-state index in [1.165, 1.54) is 12.1 Å². The molecule has 0 saturated heterocycles. The van der Waals surface area contributed by atoms with Crippen molar-refractivity contribution in [1.82, 2.24) is 0 Å². The summed E-state index contributed by atoms with van der Waals surface area (Å²) in [5, 5.41) is 28.4. The van der Waals surface area contributed by atoms with Crippen LogP contribution in [0.15, 0.2) is 57.6 Å². The van der Waals surface area contributed by atoms with Crippen LogP contribution in [0.1, 0.15) is 15.9 Å². The summed E-state index contributed by atoms with van der Waals surface area (Å²) in [6, 6.07) is 10.2. The number of aromatic carboxylic acids is 1. The van der Waals surface area contributed by atoms with Gasteiger partial charge in [0, 0.05) is 48.1 Å². The fraction of sp³-hybridized carbons (Fsp3) is 0.0556. The van der Waals surface area contributed by atoms with E-state index in [-0.39, 0.29) is 59.7 Å². The van der Waals surface area contributed by atoms with Crippen molar-refractivity contribution in [2.45, 2.75) is 11.8 Å². The smallest absolute Gasteiger partial charge is 0.339 e. The Balaban J connectivity index is 0.00000300. The topological polar surface area (TPSA) is 137 Å². The second-order valence-corrected chi connectivity index (χ2v) is 7.69. The first-order valence-corrected chi connectivity index (χ1v) is 9.58. The van der Waals surface area contributed by atoms with Gasteiger partial charge in [0.05, 0.1) is 0 Å². The minimum Gasteiger partial charge on any atom is -0.505 e. The standard InChI is InChI=1S/C18H13ClN2O6S.Ca/c1-9-6-15(28(25,26)27)14(8-13(9)19)20-21-16-11-5-3-2-4-10(11)7-12(17(16)22)18(23)24;/h2-8,22H,1H3,(H,23,24)(H,25,26,27);. The van der Waals surface area contributed by atoms with Crippen molar-refractivity contribution in [3.8, 4) is 5.75 Å². The van der Waals surface area contributed by atoms with E-state index in [2.05, 4.69) is 10.2 Å². The van der Waals surface area contributed by atoms with Crippen LogP contribution in [-0.2, 0) is 10.1 Å². The van der Waals surface area contributed by atoms with Gasteiger partial charge in [-0.2, -0.15) is 8.42 Å². The van der Waals surface area contributed by atoms with Crippen LogP contribution in [0.4, 0.5) is 11.4 Å². The van der Waals surface area contributed by atoms with E-state index in [9.17, 15) is 28.0 Å². The number of carbonyl (C=O) groups is 1. The van der Waals surface area contributed by atoms with Crippen LogP contribution in [0.3, 0.4) is 0 Å². The van der Waals surface area contributed by atoms with Gasteiger partial charge in [0.1, 0.15) is 21.8 Å². The van der Waals surface area contributed by atoms with Gasteiger partial charge in [0.2, 0.25) is 0 Å². The number of phenols is 1. The molecule has 0 saturated carbocycles. The van der Waals surface area contributed by atoms with Crippen LogP contribution in [0.2, 0.25) is 5.02 Å². The van der Waals surface area contributed by atoms with Crippen LogP contribution < -0.4 is 0 Å². The van der Waals surface area contributed by atoms with E-state index in [4.69, 9.17) is 11.6 Å². The molecule has 3 rings (SSSR count). The number of benzene rings is 3. The molecular formula is C18H13CaClN2O6S. The average Bonchev–Trinajstić information content (AvgIpc) is 2.61. The van der Waals surface area contributed by atoms with Gasteiger partial charge in [-0.25, -0.2) is 4.79 Å². The molecule has 0 bridgehead atoms. The zero-order valence-electron chi connectivity index (χ0n) is 15.0. The Kier molecular flexibility index (Phi) is 7.26. The van der Waals surface area contributed by atoms with Crippen LogP contribution >= 0.6 is 11.6 Å². The molecule has 11 heteroatoms. The normalized spacial score (nSPS) is 11.6. The third-order valence-corrected chi connectivity index (χ3v) is 5.29. The van der Waals surface area contributed by atoms with Crippen LogP contribution in [0.25, 0.3) is 10.8 Å². The molecule has 0 unspecified atom stereocenters. The van der Waals surface area contributed by atoms with Crippen LogP contribution in [-0.4, -0.2) is 66.9 Å². The number of fused-ring (bicyclic) bond motifs is 1. The quantitative estimate of drug-likeness (QED) is 0.298. The van der Waals surface area contributed by atoms with Gasteiger partial charge in [-0.1, -0.05) is 35.9 Å².